The van der Waals surface area contributed by atoms with Crippen LogP contribution in [-0.2, 0) is 19.8 Å². The molecule has 1 aliphatic carbocycles. The van der Waals surface area contributed by atoms with Crippen molar-refractivity contribution >= 4 is 23.4 Å². The highest BCUT2D eigenvalue weighted by Gasteiger charge is 2.59. The van der Waals surface area contributed by atoms with Gasteiger partial charge in [0.2, 0.25) is 11.8 Å². The van der Waals surface area contributed by atoms with Crippen molar-refractivity contribution in [1.82, 2.24) is 9.80 Å². The van der Waals surface area contributed by atoms with E-state index in [9.17, 15) is 14.4 Å². The van der Waals surface area contributed by atoms with Crippen molar-refractivity contribution in [2.75, 3.05) is 18.9 Å². The van der Waals surface area contributed by atoms with Gasteiger partial charge in [-0.25, -0.2) is 6.57 Å². The number of rotatable bonds is 6. The van der Waals surface area contributed by atoms with Gasteiger partial charge < -0.3 is 10.2 Å². The summed E-state index contributed by atoms with van der Waals surface area (Å²) in [7, 11) is 1.71. The predicted molar refractivity (Wildman–Crippen MR) is 137 cm³/mol. The van der Waals surface area contributed by atoms with Gasteiger partial charge in [0.25, 0.3) is 5.91 Å². The van der Waals surface area contributed by atoms with E-state index in [2.05, 4.69) is 10.2 Å². The lowest BCUT2D eigenvalue weighted by Crippen LogP contribution is -2.52. The van der Waals surface area contributed by atoms with Crippen molar-refractivity contribution < 1.29 is 14.4 Å². The maximum Gasteiger partial charge on any atom is 0.302 e. The third kappa shape index (κ3) is 3.95. The second-order valence-electron chi connectivity index (χ2n) is 10.8. The SMILES string of the molecule is [C-]#[N+][C@@H]1C[C@@]2(CN1C(=O)[C@H](CC(C)C)N(C)C(=O)[C@@H]1C[C@H]1c1ccccc1)C(=O)Nc1ccccc12. The zero-order chi connectivity index (χ0) is 25.6. The van der Waals surface area contributed by atoms with Crippen LogP contribution < -0.4 is 5.32 Å². The lowest BCUT2D eigenvalue weighted by molar-refractivity contribution is -0.146. The summed E-state index contributed by atoms with van der Waals surface area (Å²) in [4.78, 5) is 47.5. The van der Waals surface area contributed by atoms with Gasteiger partial charge in [0.05, 0.1) is 6.42 Å². The van der Waals surface area contributed by atoms with Crippen LogP contribution in [0.1, 0.15) is 50.2 Å². The molecule has 1 N–H and O–H groups in total. The third-order valence-corrected chi connectivity index (χ3v) is 8.02. The zero-order valence-electron chi connectivity index (χ0n) is 21.0. The molecule has 7 nitrogen and oxygen atoms in total. The number of hydrogen-bond acceptors (Lipinski definition) is 3. The standard InChI is InChI=1S/C29H32N4O3/c1-18(2)14-24(32(4)26(34)21-15-20(21)19-10-6-5-7-11-19)27(35)33-17-29(16-25(33)30-3)22-12-8-9-13-23(22)31-28(29)36/h5-13,18,20-21,24-25H,14-17H2,1-2,4H3,(H,31,36)/t20-,21+,24-,25-,29-/m0/s1. The summed E-state index contributed by atoms with van der Waals surface area (Å²) in [6.07, 6.45) is 0.798. The predicted octanol–water partition coefficient (Wildman–Crippen LogP) is 4.03. The van der Waals surface area contributed by atoms with Crippen LogP contribution >= 0.6 is 0 Å². The van der Waals surface area contributed by atoms with Crippen LogP contribution in [-0.4, -0.2) is 53.3 Å². The molecule has 1 saturated heterocycles. The van der Waals surface area contributed by atoms with Crippen molar-refractivity contribution in [1.29, 1.82) is 0 Å². The van der Waals surface area contributed by atoms with Gasteiger partial charge in [0.15, 0.2) is 0 Å². The monoisotopic (exact) mass is 484 g/mol. The number of likely N-dealkylation sites (N-methyl/N-ethyl adjacent to an activating group) is 1. The highest BCUT2D eigenvalue weighted by molar-refractivity contribution is 6.07. The second-order valence-corrected chi connectivity index (χ2v) is 10.8. The lowest BCUT2D eigenvalue weighted by Gasteiger charge is -2.32. The first kappa shape index (κ1) is 24.1. The molecule has 186 valence electrons. The van der Waals surface area contributed by atoms with Crippen molar-refractivity contribution in [2.45, 2.75) is 56.7 Å². The Hall–Kier alpha value is -3.66. The third-order valence-electron chi connectivity index (χ3n) is 8.02. The van der Waals surface area contributed by atoms with Crippen LogP contribution in [0.4, 0.5) is 5.69 Å². The van der Waals surface area contributed by atoms with Gasteiger partial charge in [-0.15, -0.1) is 0 Å². The summed E-state index contributed by atoms with van der Waals surface area (Å²) in [6, 6.07) is 16.8. The fourth-order valence-electron chi connectivity index (χ4n) is 5.97. The number of nitrogens with zero attached hydrogens (tertiary/aromatic N) is 3. The first-order valence-corrected chi connectivity index (χ1v) is 12.7. The smallest absolute Gasteiger partial charge is 0.302 e. The normalized spacial score (nSPS) is 26.9. The Morgan fingerprint density at radius 1 is 1.17 bits per heavy atom. The first-order valence-electron chi connectivity index (χ1n) is 12.7. The number of anilines is 1. The van der Waals surface area contributed by atoms with Crippen LogP contribution in [0.2, 0.25) is 0 Å². The van der Waals surface area contributed by atoms with Gasteiger partial charge in [-0.3, -0.25) is 24.1 Å². The highest BCUT2D eigenvalue weighted by Crippen LogP contribution is 2.49. The van der Waals surface area contributed by atoms with Gasteiger partial charge in [-0.05, 0) is 41.9 Å². The molecule has 2 aliphatic heterocycles. The molecule has 0 bridgehead atoms. The number of para-hydroxylation sites is 1. The number of carbonyl (C=O) groups excluding carboxylic acids is 3. The molecule has 5 rings (SSSR count). The summed E-state index contributed by atoms with van der Waals surface area (Å²) in [5.41, 5.74) is 1.80. The second kappa shape index (κ2) is 9.09. The maximum absolute atomic E-state index is 14.0. The van der Waals surface area contributed by atoms with E-state index in [1.807, 2.05) is 68.4 Å². The van der Waals surface area contributed by atoms with E-state index in [-0.39, 0.29) is 48.4 Å². The summed E-state index contributed by atoms with van der Waals surface area (Å²) in [5, 5.41) is 2.94. The molecule has 0 radical (unpaired) electrons. The average molecular weight is 485 g/mol. The number of fused-ring (bicyclic) bond motifs is 2. The van der Waals surface area contributed by atoms with E-state index < -0.39 is 17.6 Å². The fourth-order valence-corrected chi connectivity index (χ4v) is 5.97. The van der Waals surface area contributed by atoms with Crippen molar-refractivity contribution in [2.24, 2.45) is 11.8 Å². The Morgan fingerprint density at radius 2 is 1.86 bits per heavy atom. The quantitative estimate of drug-likeness (QED) is 0.629. The van der Waals surface area contributed by atoms with Crippen LogP contribution in [0.5, 0.6) is 0 Å². The molecule has 7 heteroatoms. The van der Waals surface area contributed by atoms with Gasteiger partial charge in [0, 0.05) is 25.2 Å². The van der Waals surface area contributed by atoms with Gasteiger partial charge in [-0.2, -0.15) is 0 Å². The molecule has 2 aromatic rings. The number of hydrogen-bond donors (Lipinski definition) is 1. The Kier molecular flexibility index (Phi) is 6.07. The van der Waals surface area contributed by atoms with Crippen molar-refractivity contribution in [3.63, 3.8) is 0 Å². The van der Waals surface area contributed by atoms with E-state index in [4.69, 9.17) is 6.57 Å². The topological polar surface area (TPSA) is 74.1 Å². The molecular formula is C29H32N4O3. The molecule has 1 spiro atoms. The van der Waals surface area contributed by atoms with Crippen molar-refractivity contribution in [3.05, 3.63) is 77.1 Å². The summed E-state index contributed by atoms with van der Waals surface area (Å²) < 4.78 is 0. The highest BCUT2D eigenvalue weighted by atomic mass is 16.2. The summed E-state index contributed by atoms with van der Waals surface area (Å²) in [6.45, 7) is 12.0. The Morgan fingerprint density at radius 3 is 2.56 bits per heavy atom. The lowest BCUT2D eigenvalue weighted by atomic mass is 9.80. The van der Waals surface area contributed by atoms with E-state index in [0.29, 0.717) is 6.42 Å². The van der Waals surface area contributed by atoms with Crippen molar-refractivity contribution in [3.8, 4) is 0 Å². The van der Waals surface area contributed by atoms with E-state index >= 15 is 0 Å². The number of nitrogens with one attached hydrogen (secondary N) is 1. The minimum absolute atomic E-state index is 0.0277. The molecule has 2 aromatic carbocycles. The molecule has 2 heterocycles. The number of amides is 3. The molecular weight excluding hydrogens is 452 g/mol. The number of benzene rings is 2. The average Bonchev–Trinajstić information content (AvgIpc) is 3.52. The van der Waals surface area contributed by atoms with Crippen LogP contribution in [0.25, 0.3) is 4.85 Å². The summed E-state index contributed by atoms with van der Waals surface area (Å²) in [5.74, 6) is -0.209. The van der Waals surface area contributed by atoms with Crippen LogP contribution in [0.15, 0.2) is 54.6 Å². The summed E-state index contributed by atoms with van der Waals surface area (Å²) >= 11 is 0. The zero-order valence-corrected chi connectivity index (χ0v) is 21.0. The molecule has 3 aliphatic rings. The Bertz CT molecular complexity index is 1240. The van der Waals surface area contributed by atoms with E-state index in [0.717, 1.165) is 23.2 Å². The number of carbonyl (C=O) groups is 3. The van der Waals surface area contributed by atoms with Gasteiger partial charge in [-0.1, -0.05) is 62.4 Å². The molecule has 5 atom stereocenters. The molecule has 0 aromatic heterocycles. The molecule has 2 fully saturated rings. The molecule has 1 saturated carbocycles. The number of likely N-dealkylation sites (tertiary alicyclic amines) is 1. The van der Waals surface area contributed by atoms with Gasteiger partial charge in [0.1, 0.15) is 11.5 Å². The Labute approximate surface area is 212 Å². The fraction of sp³-hybridized carbons (Fsp3) is 0.448. The first-order chi connectivity index (χ1) is 17.3. The molecule has 0 unspecified atom stereocenters. The van der Waals surface area contributed by atoms with E-state index in [1.165, 1.54) is 0 Å². The molecule has 36 heavy (non-hydrogen) atoms. The van der Waals surface area contributed by atoms with Gasteiger partial charge >= 0.3 is 6.17 Å². The van der Waals surface area contributed by atoms with E-state index in [1.54, 1.807) is 16.8 Å². The Balaban J connectivity index is 1.39. The van der Waals surface area contributed by atoms with Crippen LogP contribution in [0, 0.1) is 18.4 Å². The molecule has 3 amide bonds. The van der Waals surface area contributed by atoms with Crippen LogP contribution in [0.3, 0.4) is 0 Å². The minimum Gasteiger partial charge on any atom is -0.333 e. The maximum atomic E-state index is 14.0. The minimum atomic E-state index is -0.929. The largest absolute Gasteiger partial charge is 0.333 e.